The standard InChI is InChI=1S/C14H14F3N5O/c15-14(16,17)11-3-1-2-10(6-11)13-19-21-22(20-13)8-12(23)18-7-9-4-5-9/h1-3,6,9H,4-5,7-8H2,(H,18,23). The van der Waals surface area contributed by atoms with Crippen LogP contribution < -0.4 is 5.32 Å². The molecule has 0 saturated heterocycles. The average molecular weight is 325 g/mol. The monoisotopic (exact) mass is 325 g/mol. The second kappa shape index (κ2) is 5.98. The molecular weight excluding hydrogens is 311 g/mol. The Morgan fingerprint density at radius 2 is 2.13 bits per heavy atom. The van der Waals surface area contributed by atoms with Crippen molar-refractivity contribution in [3.8, 4) is 11.4 Å². The van der Waals surface area contributed by atoms with E-state index in [1.165, 1.54) is 12.1 Å². The molecule has 6 nitrogen and oxygen atoms in total. The number of amides is 1. The second-order valence-electron chi connectivity index (χ2n) is 5.47. The van der Waals surface area contributed by atoms with Crippen molar-refractivity contribution in [3.63, 3.8) is 0 Å². The van der Waals surface area contributed by atoms with Crippen molar-refractivity contribution < 1.29 is 18.0 Å². The molecule has 1 fully saturated rings. The molecule has 23 heavy (non-hydrogen) atoms. The minimum Gasteiger partial charge on any atom is -0.354 e. The first kappa shape index (κ1) is 15.4. The van der Waals surface area contributed by atoms with Crippen LogP contribution in [0.25, 0.3) is 11.4 Å². The van der Waals surface area contributed by atoms with Gasteiger partial charge in [0.1, 0.15) is 6.54 Å². The molecule has 0 aliphatic heterocycles. The average Bonchev–Trinajstić information content (AvgIpc) is 3.23. The first-order valence-corrected chi connectivity index (χ1v) is 7.14. The lowest BCUT2D eigenvalue weighted by atomic mass is 10.1. The smallest absolute Gasteiger partial charge is 0.354 e. The van der Waals surface area contributed by atoms with Gasteiger partial charge in [0.15, 0.2) is 0 Å². The van der Waals surface area contributed by atoms with Crippen molar-refractivity contribution in [3.05, 3.63) is 29.8 Å². The highest BCUT2D eigenvalue weighted by molar-refractivity contribution is 5.75. The molecule has 1 amide bonds. The van der Waals surface area contributed by atoms with E-state index in [2.05, 4.69) is 20.7 Å². The van der Waals surface area contributed by atoms with E-state index in [0.717, 1.165) is 29.8 Å². The number of alkyl halides is 3. The normalized spacial score (nSPS) is 14.7. The molecule has 1 aromatic carbocycles. The van der Waals surface area contributed by atoms with E-state index >= 15 is 0 Å². The van der Waals surface area contributed by atoms with Crippen LogP contribution in [0.1, 0.15) is 18.4 Å². The molecule has 1 aromatic heterocycles. The number of tetrazole rings is 1. The van der Waals surface area contributed by atoms with Gasteiger partial charge in [-0.25, -0.2) is 0 Å². The van der Waals surface area contributed by atoms with Crippen LogP contribution in [-0.4, -0.2) is 32.7 Å². The van der Waals surface area contributed by atoms with E-state index < -0.39 is 11.7 Å². The number of hydrogen-bond donors (Lipinski definition) is 1. The van der Waals surface area contributed by atoms with Crippen LogP contribution in [-0.2, 0) is 17.5 Å². The second-order valence-corrected chi connectivity index (χ2v) is 5.47. The number of benzene rings is 1. The molecule has 1 N–H and O–H groups in total. The number of hydrogen-bond acceptors (Lipinski definition) is 4. The molecule has 1 heterocycles. The maximum atomic E-state index is 12.7. The number of halogens is 3. The van der Waals surface area contributed by atoms with E-state index in [1.54, 1.807) is 0 Å². The Balaban J connectivity index is 1.67. The van der Waals surface area contributed by atoms with Crippen LogP contribution >= 0.6 is 0 Å². The van der Waals surface area contributed by atoms with Gasteiger partial charge in [0.05, 0.1) is 5.56 Å². The van der Waals surface area contributed by atoms with Gasteiger partial charge >= 0.3 is 6.18 Å². The van der Waals surface area contributed by atoms with Crippen LogP contribution in [0.2, 0.25) is 0 Å². The van der Waals surface area contributed by atoms with Crippen LogP contribution in [0.3, 0.4) is 0 Å². The summed E-state index contributed by atoms with van der Waals surface area (Å²) in [6.45, 7) is 0.521. The maximum Gasteiger partial charge on any atom is 0.416 e. The van der Waals surface area contributed by atoms with Gasteiger partial charge in [-0.3, -0.25) is 4.79 Å². The summed E-state index contributed by atoms with van der Waals surface area (Å²) in [5, 5.41) is 14.1. The Morgan fingerprint density at radius 3 is 2.83 bits per heavy atom. The third kappa shape index (κ3) is 4.05. The molecule has 1 aliphatic rings. The quantitative estimate of drug-likeness (QED) is 0.911. The van der Waals surface area contributed by atoms with E-state index in [1.807, 2.05) is 0 Å². The van der Waals surface area contributed by atoms with Crippen molar-refractivity contribution in [2.75, 3.05) is 6.54 Å². The summed E-state index contributed by atoms with van der Waals surface area (Å²) in [5.41, 5.74) is -0.585. The number of carbonyl (C=O) groups excluding carboxylic acids is 1. The fourth-order valence-corrected chi connectivity index (χ4v) is 2.02. The molecule has 0 bridgehead atoms. The van der Waals surface area contributed by atoms with E-state index in [9.17, 15) is 18.0 Å². The fraction of sp³-hybridized carbons (Fsp3) is 0.429. The van der Waals surface area contributed by atoms with Crippen molar-refractivity contribution >= 4 is 5.91 Å². The zero-order chi connectivity index (χ0) is 16.4. The summed E-state index contributed by atoms with van der Waals surface area (Å²) >= 11 is 0. The summed E-state index contributed by atoms with van der Waals surface area (Å²) < 4.78 is 38.1. The molecule has 122 valence electrons. The number of carbonyl (C=O) groups is 1. The summed E-state index contributed by atoms with van der Waals surface area (Å²) in [6.07, 6.45) is -2.18. The minimum atomic E-state index is -4.44. The van der Waals surface area contributed by atoms with Gasteiger partial charge in [-0.15, -0.1) is 10.2 Å². The van der Waals surface area contributed by atoms with Gasteiger partial charge in [0, 0.05) is 12.1 Å². The molecule has 0 spiro atoms. The van der Waals surface area contributed by atoms with Gasteiger partial charge in [-0.1, -0.05) is 12.1 Å². The Labute approximate surface area is 129 Å². The van der Waals surface area contributed by atoms with Crippen molar-refractivity contribution in [2.24, 2.45) is 5.92 Å². The highest BCUT2D eigenvalue weighted by atomic mass is 19.4. The lowest BCUT2D eigenvalue weighted by Crippen LogP contribution is -2.30. The third-order valence-electron chi connectivity index (χ3n) is 3.47. The zero-order valence-electron chi connectivity index (χ0n) is 12.0. The number of aromatic nitrogens is 4. The Bertz CT molecular complexity index is 708. The molecule has 0 unspecified atom stereocenters. The maximum absolute atomic E-state index is 12.7. The Kier molecular flexibility index (Phi) is 4.01. The predicted octanol–water partition coefficient (Wildman–Crippen LogP) is 1.89. The van der Waals surface area contributed by atoms with Crippen LogP contribution in [0, 0.1) is 5.92 Å². The lowest BCUT2D eigenvalue weighted by Gasteiger charge is -2.06. The fourth-order valence-electron chi connectivity index (χ4n) is 2.02. The largest absolute Gasteiger partial charge is 0.416 e. The predicted molar refractivity (Wildman–Crippen MR) is 74.0 cm³/mol. The van der Waals surface area contributed by atoms with Gasteiger partial charge < -0.3 is 5.32 Å². The molecule has 1 aliphatic carbocycles. The van der Waals surface area contributed by atoms with Crippen LogP contribution in [0.4, 0.5) is 13.2 Å². The van der Waals surface area contributed by atoms with E-state index in [4.69, 9.17) is 0 Å². The first-order valence-electron chi connectivity index (χ1n) is 7.14. The minimum absolute atomic E-state index is 0.0473. The zero-order valence-corrected chi connectivity index (χ0v) is 12.0. The highest BCUT2D eigenvalue weighted by Gasteiger charge is 2.30. The SMILES string of the molecule is O=C(Cn1nnc(-c2cccc(C(F)(F)F)c2)n1)NCC1CC1. The molecule has 2 aromatic rings. The summed E-state index contributed by atoms with van der Waals surface area (Å²) in [6, 6.07) is 4.67. The van der Waals surface area contributed by atoms with Gasteiger partial charge in [0.2, 0.25) is 11.7 Å². The Hall–Kier alpha value is -2.45. The van der Waals surface area contributed by atoms with Crippen molar-refractivity contribution in [1.29, 1.82) is 0 Å². The molecule has 0 atom stereocenters. The topological polar surface area (TPSA) is 72.7 Å². The summed E-state index contributed by atoms with van der Waals surface area (Å²) in [7, 11) is 0. The molecule has 3 rings (SSSR count). The Morgan fingerprint density at radius 1 is 1.35 bits per heavy atom. The van der Waals surface area contributed by atoms with Gasteiger partial charge in [-0.2, -0.15) is 18.0 Å². The third-order valence-corrected chi connectivity index (χ3v) is 3.47. The van der Waals surface area contributed by atoms with Crippen molar-refractivity contribution in [2.45, 2.75) is 25.6 Å². The van der Waals surface area contributed by atoms with Crippen molar-refractivity contribution in [1.82, 2.24) is 25.5 Å². The number of rotatable bonds is 5. The molecule has 9 heteroatoms. The lowest BCUT2D eigenvalue weighted by molar-refractivity contribution is -0.137. The van der Waals surface area contributed by atoms with Crippen LogP contribution in [0.5, 0.6) is 0 Å². The molecular formula is C14H14F3N5O. The van der Waals surface area contributed by atoms with Gasteiger partial charge in [-0.05, 0) is 36.1 Å². The van der Waals surface area contributed by atoms with E-state index in [0.29, 0.717) is 12.5 Å². The first-order chi connectivity index (χ1) is 10.9. The number of nitrogens with zero attached hydrogens (tertiary/aromatic N) is 4. The van der Waals surface area contributed by atoms with Gasteiger partial charge in [0.25, 0.3) is 0 Å². The van der Waals surface area contributed by atoms with Crippen LogP contribution in [0.15, 0.2) is 24.3 Å². The molecule has 0 radical (unpaired) electrons. The summed E-state index contributed by atoms with van der Waals surface area (Å²) in [4.78, 5) is 12.8. The van der Waals surface area contributed by atoms with E-state index in [-0.39, 0.29) is 23.8 Å². The molecule has 1 saturated carbocycles. The summed E-state index contributed by atoms with van der Waals surface area (Å²) in [5.74, 6) is 0.360. The number of nitrogens with one attached hydrogen (secondary N) is 1. The highest BCUT2D eigenvalue weighted by Crippen LogP contribution is 2.31.